The monoisotopic (exact) mass is 338 g/mol. The molecule has 1 heterocycles. The summed E-state index contributed by atoms with van der Waals surface area (Å²) in [5.41, 5.74) is 0.944. The molecule has 2 aromatic carbocycles. The largest absolute Gasteiger partial charge is 0.486 e. The molecule has 2 aromatic rings. The molecule has 0 saturated heterocycles. The lowest BCUT2D eigenvalue weighted by Gasteiger charge is -2.26. The van der Waals surface area contributed by atoms with Crippen molar-refractivity contribution in [2.45, 2.75) is 17.9 Å². The molecular formula is C16H15FO5S. The van der Waals surface area contributed by atoms with E-state index in [0.717, 1.165) is 5.56 Å². The molecule has 0 amide bonds. The highest BCUT2D eigenvalue weighted by molar-refractivity contribution is 7.86. The quantitative estimate of drug-likeness (QED) is 0.802. The Kier molecular flexibility index (Phi) is 4.23. The van der Waals surface area contributed by atoms with Gasteiger partial charge in [0.2, 0.25) is 0 Å². The maximum atomic E-state index is 13.7. The zero-order valence-electron chi connectivity index (χ0n) is 12.4. The van der Waals surface area contributed by atoms with Crippen LogP contribution in [-0.4, -0.2) is 27.7 Å². The van der Waals surface area contributed by atoms with Gasteiger partial charge in [0.15, 0.2) is 23.4 Å². The predicted molar refractivity (Wildman–Crippen MR) is 80.6 cm³/mol. The number of hydrogen-bond acceptors (Lipinski definition) is 5. The van der Waals surface area contributed by atoms with Crippen LogP contribution in [0, 0.1) is 12.7 Å². The van der Waals surface area contributed by atoms with E-state index in [0.29, 0.717) is 5.75 Å². The number of halogens is 1. The first-order chi connectivity index (χ1) is 11.0. The normalized spacial score (nSPS) is 17.0. The molecule has 1 unspecified atom stereocenters. The lowest BCUT2D eigenvalue weighted by molar-refractivity contribution is 0.0514. The van der Waals surface area contributed by atoms with E-state index < -0.39 is 22.0 Å². The number of rotatable bonds is 4. The second-order valence-electron chi connectivity index (χ2n) is 5.17. The molecule has 3 rings (SSSR count). The average molecular weight is 338 g/mol. The second kappa shape index (κ2) is 6.17. The van der Waals surface area contributed by atoms with Crippen molar-refractivity contribution in [2.75, 3.05) is 13.2 Å². The first-order valence-corrected chi connectivity index (χ1v) is 8.40. The van der Waals surface area contributed by atoms with Gasteiger partial charge in [0, 0.05) is 0 Å². The first kappa shape index (κ1) is 15.8. The third-order valence-corrected chi connectivity index (χ3v) is 4.65. The number of hydrogen-bond donors (Lipinski definition) is 0. The van der Waals surface area contributed by atoms with E-state index in [1.165, 1.54) is 24.3 Å². The third-order valence-electron chi connectivity index (χ3n) is 3.36. The summed E-state index contributed by atoms with van der Waals surface area (Å²) >= 11 is 0. The Balaban J connectivity index is 1.67. The zero-order valence-corrected chi connectivity index (χ0v) is 13.2. The first-order valence-electron chi connectivity index (χ1n) is 7.00. The van der Waals surface area contributed by atoms with E-state index in [9.17, 15) is 12.8 Å². The van der Waals surface area contributed by atoms with Crippen LogP contribution in [0.3, 0.4) is 0 Å². The minimum absolute atomic E-state index is 0.0277. The molecule has 0 radical (unpaired) electrons. The van der Waals surface area contributed by atoms with Gasteiger partial charge in [-0.15, -0.1) is 0 Å². The molecule has 5 nitrogen and oxygen atoms in total. The molecule has 0 aliphatic carbocycles. The zero-order chi connectivity index (χ0) is 16.4. The third kappa shape index (κ3) is 3.46. The highest BCUT2D eigenvalue weighted by atomic mass is 32.2. The van der Waals surface area contributed by atoms with Crippen LogP contribution in [0.2, 0.25) is 0 Å². The average Bonchev–Trinajstić information content (AvgIpc) is 2.54. The topological polar surface area (TPSA) is 61.8 Å². The summed E-state index contributed by atoms with van der Waals surface area (Å²) in [5.74, 6) is -0.295. The van der Waals surface area contributed by atoms with Crippen LogP contribution in [0.4, 0.5) is 4.39 Å². The maximum Gasteiger partial charge on any atom is 0.297 e. The molecule has 7 heteroatoms. The molecule has 0 saturated carbocycles. The van der Waals surface area contributed by atoms with Gasteiger partial charge in [-0.05, 0) is 31.2 Å². The molecule has 1 aliphatic heterocycles. The van der Waals surface area contributed by atoms with Gasteiger partial charge >= 0.3 is 0 Å². The number of aryl methyl sites for hydroxylation is 1. The lowest BCUT2D eigenvalue weighted by Crippen LogP contribution is -2.34. The van der Waals surface area contributed by atoms with E-state index in [1.807, 2.05) is 6.92 Å². The van der Waals surface area contributed by atoms with Gasteiger partial charge < -0.3 is 9.47 Å². The fourth-order valence-corrected chi connectivity index (χ4v) is 3.06. The number of para-hydroxylation sites is 1. The predicted octanol–water partition coefficient (Wildman–Crippen LogP) is 2.68. The Morgan fingerprint density at radius 1 is 1.22 bits per heavy atom. The van der Waals surface area contributed by atoms with Crippen molar-refractivity contribution < 1.29 is 26.5 Å². The minimum Gasteiger partial charge on any atom is -0.486 e. The van der Waals surface area contributed by atoms with E-state index in [1.54, 1.807) is 18.2 Å². The van der Waals surface area contributed by atoms with Gasteiger partial charge in [0.25, 0.3) is 10.1 Å². The molecular weight excluding hydrogens is 323 g/mol. The van der Waals surface area contributed by atoms with Gasteiger partial charge in [0.05, 0.1) is 4.90 Å². The van der Waals surface area contributed by atoms with E-state index >= 15 is 0 Å². The van der Waals surface area contributed by atoms with Crippen LogP contribution in [0.25, 0.3) is 0 Å². The van der Waals surface area contributed by atoms with Crippen molar-refractivity contribution in [1.29, 1.82) is 0 Å². The number of ether oxygens (including phenoxy) is 2. The molecule has 0 fully saturated rings. The SMILES string of the molecule is Cc1ccc(S(=O)(=O)OCC2COc3cccc(F)c3O2)cc1. The molecule has 0 bridgehead atoms. The van der Waals surface area contributed by atoms with Crippen LogP contribution in [0.15, 0.2) is 47.4 Å². The standard InChI is InChI=1S/C16H15FO5S/c1-11-5-7-13(8-6-11)23(18,19)21-10-12-9-20-15-4-2-3-14(17)16(15)22-12/h2-8,12H,9-10H2,1H3. The van der Waals surface area contributed by atoms with Crippen LogP contribution in [0.5, 0.6) is 11.5 Å². The van der Waals surface area contributed by atoms with Crippen molar-refractivity contribution in [3.8, 4) is 11.5 Å². The van der Waals surface area contributed by atoms with Crippen molar-refractivity contribution >= 4 is 10.1 Å². The van der Waals surface area contributed by atoms with Crippen LogP contribution in [0.1, 0.15) is 5.56 Å². The number of benzene rings is 2. The van der Waals surface area contributed by atoms with Crippen LogP contribution in [-0.2, 0) is 14.3 Å². The van der Waals surface area contributed by atoms with Crippen LogP contribution < -0.4 is 9.47 Å². The van der Waals surface area contributed by atoms with Gasteiger partial charge in [-0.2, -0.15) is 8.42 Å². The second-order valence-corrected chi connectivity index (χ2v) is 6.79. The van der Waals surface area contributed by atoms with Crippen LogP contribution >= 0.6 is 0 Å². The summed E-state index contributed by atoms with van der Waals surface area (Å²) in [7, 11) is -3.89. The molecule has 1 atom stereocenters. The van der Waals surface area contributed by atoms with E-state index in [-0.39, 0.29) is 23.9 Å². The fourth-order valence-electron chi connectivity index (χ4n) is 2.12. The Bertz CT molecular complexity index is 802. The molecule has 1 aliphatic rings. The lowest BCUT2D eigenvalue weighted by atomic mass is 10.2. The molecule has 0 spiro atoms. The Hall–Kier alpha value is -2.12. The molecule has 23 heavy (non-hydrogen) atoms. The van der Waals surface area contributed by atoms with Crippen molar-refractivity contribution in [3.63, 3.8) is 0 Å². The van der Waals surface area contributed by atoms with Crippen molar-refractivity contribution in [3.05, 3.63) is 53.8 Å². The van der Waals surface area contributed by atoms with Gasteiger partial charge in [-0.1, -0.05) is 23.8 Å². The highest BCUT2D eigenvalue weighted by Gasteiger charge is 2.26. The highest BCUT2D eigenvalue weighted by Crippen LogP contribution is 2.34. The Morgan fingerprint density at radius 3 is 2.70 bits per heavy atom. The van der Waals surface area contributed by atoms with Crippen molar-refractivity contribution in [2.24, 2.45) is 0 Å². The summed E-state index contributed by atoms with van der Waals surface area (Å²) in [5, 5.41) is 0. The smallest absolute Gasteiger partial charge is 0.297 e. The summed E-state index contributed by atoms with van der Waals surface area (Å²) in [6.45, 7) is 1.68. The molecule has 122 valence electrons. The van der Waals surface area contributed by atoms with Gasteiger partial charge in [-0.25, -0.2) is 4.39 Å². The molecule has 0 aromatic heterocycles. The Morgan fingerprint density at radius 2 is 1.96 bits per heavy atom. The summed E-state index contributed by atoms with van der Waals surface area (Å²) < 4.78 is 53.7. The van der Waals surface area contributed by atoms with Crippen molar-refractivity contribution in [1.82, 2.24) is 0 Å². The minimum atomic E-state index is -3.89. The summed E-state index contributed by atoms with van der Waals surface area (Å²) in [4.78, 5) is 0.0615. The maximum absolute atomic E-state index is 13.7. The number of fused-ring (bicyclic) bond motifs is 1. The van der Waals surface area contributed by atoms with Gasteiger partial charge in [-0.3, -0.25) is 4.18 Å². The molecule has 0 N–H and O–H groups in total. The van der Waals surface area contributed by atoms with E-state index in [2.05, 4.69) is 0 Å². The van der Waals surface area contributed by atoms with E-state index in [4.69, 9.17) is 13.7 Å². The Labute approximate surface area is 133 Å². The van der Waals surface area contributed by atoms with Gasteiger partial charge in [0.1, 0.15) is 13.2 Å². The fraction of sp³-hybridized carbons (Fsp3) is 0.250. The summed E-state index contributed by atoms with van der Waals surface area (Å²) in [6.07, 6.45) is -0.709. The summed E-state index contributed by atoms with van der Waals surface area (Å²) in [6, 6.07) is 10.6.